The van der Waals surface area contributed by atoms with E-state index in [9.17, 15) is 14.7 Å². The lowest BCUT2D eigenvalue weighted by atomic mass is 10.2. The molecular formula is C14H14NO5PS. The third-order valence-electron chi connectivity index (χ3n) is 2.89. The Morgan fingerprint density at radius 3 is 2.55 bits per heavy atom. The number of hydrogen-bond donors (Lipinski definition) is 0. The highest BCUT2D eigenvalue weighted by Crippen LogP contribution is 2.54. The molecule has 0 bridgehead atoms. The lowest BCUT2D eigenvalue weighted by molar-refractivity contribution is -0.384. The van der Waals surface area contributed by atoms with Crippen LogP contribution in [0.3, 0.4) is 0 Å². The first-order valence-corrected chi connectivity index (χ1v) is 8.55. The fourth-order valence-electron chi connectivity index (χ4n) is 1.89. The summed E-state index contributed by atoms with van der Waals surface area (Å²) in [4.78, 5) is 10.6. The summed E-state index contributed by atoms with van der Waals surface area (Å²) >= 11 is 5.20. The highest BCUT2D eigenvalue weighted by atomic mass is 32.1. The highest BCUT2D eigenvalue weighted by Gasteiger charge is 2.38. The maximum absolute atomic E-state index is 13.0. The maximum atomic E-state index is 13.0. The van der Waals surface area contributed by atoms with Crippen molar-refractivity contribution in [1.82, 2.24) is 0 Å². The number of allylic oxidation sites excluding steroid dienone is 4. The van der Waals surface area contributed by atoms with E-state index in [4.69, 9.17) is 21.3 Å². The van der Waals surface area contributed by atoms with Crippen molar-refractivity contribution in [3.8, 4) is 5.75 Å². The van der Waals surface area contributed by atoms with Crippen LogP contribution in [0.2, 0.25) is 0 Å². The topological polar surface area (TPSA) is 78.7 Å². The van der Waals surface area contributed by atoms with Gasteiger partial charge < -0.3 is 4.52 Å². The summed E-state index contributed by atoms with van der Waals surface area (Å²) in [6.07, 6.45) is 6.82. The molecule has 0 aliphatic heterocycles. The van der Waals surface area contributed by atoms with Gasteiger partial charge in [0.05, 0.1) is 11.5 Å². The number of nitro benzene ring substituents is 1. The molecule has 0 aromatic heterocycles. The van der Waals surface area contributed by atoms with Crippen molar-refractivity contribution in [2.24, 2.45) is 0 Å². The predicted molar refractivity (Wildman–Crippen MR) is 87.6 cm³/mol. The van der Waals surface area contributed by atoms with E-state index in [2.05, 4.69) is 0 Å². The zero-order valence-corrected chi connectivity index (χ0v) is 13.5. The van der Waals surface area contributed by atoms with Crippen molar-refractivity contribution >= 4 is 30.4 Å². The SMILES string of the molecule is CCO[P@](=O)(Oc1ccc([N+](=O)[O-])cc1)[C@@H]1C=CC=CC1=S. The molecule has 22 heavy (non-hydrogen) atoms. The minimum atomic E-state index is -3.56. The molecule has 0 saturated heterocycles. The van der Waals surface area contributed by atoms with Gasteiger partial charge in [-0.3, -0.25) is 14.6 Å². The summed E-state index contributed by atoms with van der Waals surface area (Å²) in [5, 5.41) is 10.6. The first-order chi connectivity index (χ1) is 10.5. The Hall–Kier alpha value is -1.82. The Kier molecular flexibility index (Phi) is 5.24. The minimum absolute atomic E-state index is 0.0744. The van der Waals surface area contributed by atoms with Gasteiger partial charge in [-0.15, -0.1) is 0 Å². The van der Waals surface area contributed by atoms with Crippen molar-refractivity contribution in [3.63, 3.8) is 0 Å². The summed E-state index contributed by atoms with van der Waals surface area (Å²) in [6, 6.07) is 5.32. The molecule has 1 aromatic rings. The van der Waals surface area contributed by atoms with Gasteiger partial charge in [0.15, 0.2) is 0 Å². The number of thiocarbonyl (C=S) groups is 1. The molecule has 2 atom stereocenters. The van der Waals surface area contributed by atoms with Gasteiger partial charge in [0.2, 0.25) is 0 Å². The van der Waals surface area contributed by atoms with Gasteiger partial charge in [0, 0.05) is 17.0 Å². The number of non-ortho nitro benzene ring substituents is 1. The Labute approximate surface area is 133 Å². The zero-order valence-electron chi connectivity index (χ0n) is 11.7. The average molecular weight is 339 g/mol. The Balaban J connectivity index is 2.26. The largest absolute Gasteiger partial charge is 0.424 e. The Bertz CT molecular complexity index is 683. The van der Waals surface area contributed by atoms with E-state index in [0.717, 1.165) is 0 Å². The summed E-state index contributed by atoms with van der Waals surface area (Å²) in [5.41, 5.74) is -0.725. The number of nitrogens with zero attached hydrogens (tertiary/aromatic N) is 1. The highest BCUT2D eigenvalue weighted by molar-refractivity contribution is 7.82. The predicted octanol–water partition coefficient (Wildman–Crippen LogP) is 4.07. The molecule has 8 heteroatoms. The molecule has 0 amide bonds. The number of rotatable bonds is 6. The Morgan fingerprint density at radius 2 is 2.00 bits per heavy atom. The van der Waals surface area contributed by atoms with Crippen LogP contribution in [0.4, 0.5) is 5.69 Å². The van der Waals surface area contributed by atoms with Gasteiger partial charge in [0.1, 0.15) is 11.4 Å². The number of benzene rings is 1. The second-order valence-corrected chi connectivity index (χ2v) is 6.94. The zero-order chi connectivity index (χ0) is 16.2. The van der Waals surface area contributed by atoms with Gasteiger partial charge in [0.25, 0.3) is 5.69 Å². The molecule has 1 aromatic carbocycles. The average Bonchev–Trinajstić information content (AvgIpc) is 2.48. The van der Waals surface area contributed by atoms with E-state index in [1.54, 1.807) is 31.2 Å². The first-order valence-electron chi connectivity index (χ1n) is 6.53. The third kappa shape index (κ3) is 3.68. The smallest absolute Gasteiger partial charge is 0.391 e. The van der Waals surface area contributed by atoms with Crippen LogP contribution >= 0.6 is 19.8 Å². The second kappa shape index (κ2) is 6.96. The van der Waals surface area contributed by atoms with E-state index >= 15 is 0 Å². The molecule has 116 valence electrons. The van der Waals surface area contributed by atoms with Crippen molar-refractivity contribution in [3.05, 3.63) is 58.7 Å². The maximum Gasteiger partial charge on any atom is 0.391 e. The van der Waals surface area contributed by atoms with Crippen LogP contribution in [0.15, 0.2) is 48.6 Å². The van der Waals surface area contributed by atoms with E-state index < -0.39 is 18.2 Å². The fraction of sp³-hybridized carbons (Fsp3) is 0.214. The Morgan fingerprint density at radius 1 is 1.32 bits per heavy atom. The van der Waals surface area contributed by atoms with Gasteiger partial charge in [-0.05, 0) is 25.1 Å². The van der Waals surface area contributed by atoms with E-state index in [0.29, 0.717) is 4.86 Å². The minimum Gasteiger partial charge on any atom is -0.424 e. The van der Waals surface area contributed by atoms with Gasteiger partial charge in [-0.1, -0.05) is 30.4 Å². The van der Waals surface area contributed by atoms with Gasteiger partial charge in [-0.2, -0.15) is 0 Å². The van der Waals surface area contributed by atoms with Crippen molar-refractivity contribution in [2.75, 3.05) is 6.61 Å². The van der Waals surface area contributed by atoms with Crippen LogP contribution in [-0.2, 0) is 9.09 Å². The second-order valence-electron chi connectivity index (χ2n) is 4.39. The summed E-state index contributed by atoms with van der Waals surface area (Å²) in [6.45, 7) is 1.90. The summed E-state index contributed by atoms with van der Waals surface area (Å²) < 4.78 is 23.9. The van der Waals surface area contributed by atoms with Crippen molar-refractivity contribution in [2.45, 2.75) is 12.6 Å². The van der Waals surface area contributed by atoms with Crippen LogP contribution < -0.4 is 4.52 Å². The van der Waals surface area contributed by atoms with Crippen LogP contribution in [0.25, 0.3) is 0 Å². The van der Waals surface area contributed by atoms with Crippen LogP contribution in [0.1, 0.15) is 6.92 Å². The fourth-order valence-corrected chi connectivity index (χ4v) is 4.25. The molecule has 0 spiro atoms. The number of nitro groups is 1. The lowest BCUT2D eigenvalue weighted by Gasteiger charge is -2.25. The standard InChI is InChI=1S/C14H14NO5PS/c1-2-19-21(18,13-5-3-4-6-14(13)22)20-12-9-7-11(8-10-12)15(16)17/h3-10,13H,2H2,1H3/t13-,21+/m1/s1. The lowest BCUT2D eigenvalue weighted by Crippen LogP contribution is -2.21. The summed E-state index contributed by atoms with van der Waals surface area (Å²) in [7, 11) is -3.56. The summed E-state index contributed by atoms with van der Waals surface area (Å²) in [5.74, 6) is 0.230. The molecule has 0 heterocycles. The molecule has 0 unspecified atom stereocenters. The van der Waals surface area contributed by atoms with Gasteiger partial charge in [-0.25, -0.2) is 4.57 Å². The molecule has 0 saturated carbocycles. The van der Waals surface area contributed by atoms with Crippen molar-refractivity contribution in [1.29, 1.82) is 0 Å². The van der Waals surface area contributed by atoms with Gasteiger partial charge >= 0.3 is 7.60 Å². The quantitative estimate of drug-likeness (QED) is 0.336. The molecule has 1 aliphatic rings. The van der Waals surface area contributed by atoms with E-state index in [1.165, 1.54) is 24.3 Å². The molecule has 0 radical (unpaired) electrons. The van der Waals surface area contributed by atoms with Crippen LogP contribution in [0, 0.1) is 10.1 Å². The molecule has 2 rings (SSSR count). The molecular weight excluding hydrogens is 325 g/mol. The first kappa shape index (κ1) is 16.5. The molecule has 1 aliphatic carbocycles. The van der Waals surface area contributed by atoms with Crippen molar-refractivity contribution < 1.29 is 18.5 Å². The monoisotopic (exact) mass is 339 g/mol. The normalized spacial score (nSPS) is 19.7. The van der Waals surface area contributed by atoms with E-state index in [-0.39, 0.29) is 18.0 Å². The molecule has 6 nitrogen and oxygen atoms in total. The molecule has 0 N–H and O–H groups in total. The van der Waals surface area contributed by atoms with Crippen LogP contribution in [-0.4, -0.2) is 22.1 Å². The van der Waals surface area contributed by atoms with Crippen LogP contribution in [0.5, 0.6) is 5.75 Å². The third-order valence-corrected chi connectivity index (χ3v) is 5.67. The number of hydrogen-bond acceptors (Lipinski definition) is 6. The van der Waals surface area contributed by atoms with E-state index in [1.807, 2.05) is 0 Å². The molecule has 0 fully saturated rings.